The Morgan fingerprint density at radius 2 is 1.68 bits per heavy atom. The predicted octanol–water partition coefficient (Wildman–Crippen LogP) is 2.15. The van der Waals surface area contributed by atoms with Gasteiger partial charge in [0.2, 0.25) is 5.91 Å². The highest BCUT2D eigenvalue weighted by molar-refractivity contribution is 5.98. The maximum Gasteiger partial charge on any atom is 0.306 e. The molecule has 3 N–H and O–H groups in total. The van der Waals surface area contributed by atoms with E-state index < -0.39 is 17.9 Å². The summed E-state index contributed by atoms with van der Waals surface area (Å²) in [5, 5.41) is 14.6. The van der Waals surface area contributed by atoms with Crippen LogP contribution in [-0.4, -0.2) is 36.0 Å². The van der Waals surface area contributed by atoms with E-state index in [4.69, 9.17) is 9.84 Å². The average molecular weight is 382 g/mol. The van der Waals surface area contributed by atoms with Gasteiger partial charge in [-0.3, -0.25) is 14.4 Å². The van der Waals surface area contributed by atoms with Crippen LogP contribution in [0.15, 0.2) is 54.6 Å². The number of ether oxygens (including phenoxy) is 1. The number of carboxylic acid groups (broad SMARTS) is 1. The van der Waals surface area contributed by atoms with Gasteiger partial charge in [-0.05, 0) is 42.7 Å². The van der Waals surface area contributed by atoms with Crippen LogP contribution in [0.1, 0.15) is 34.8 Å². The smallest absolute Gasteiger partial charge is 0.306 e. The number of methoxy groups -OCH3 is 1. The van der Waals surface area contributed by atoms with Gasteiger partial charge in [-0.25, -0.2) is 0 Å². The van der Waals surface area contributed by atoms with Crippen LogP contribution < -0.4 is 15.4 Å². The molecule has 1 fully saturated rings. The third kappa shape index (κ3) is 4.49. The van der Waals surface area contributed by atoms with Gasteiger partial charge in [0.05, 0.1) is 13.0 Å². The van der Waals surface area contributed by atoms with Crippen molar-refractivity contribution >= 4 is 17.8 Å². The standard InChI is InChI=1S/C21H22N2O5/c1-28-17-9-7-14(8-10-17)19(24)23-18(13-5-3-2-4-6-13)20(25)22-16-11-15(12-16)21(26)27/h2-10,15-16,18H,11-12H2,1H3,(H,22,25)(H,23,24)(H,26,27). The van der Waals surface area contributed by atoms with E-state index in [9.17, 15) is 14.4 Å². The maximum atomic E-state index is 12.8. The highest BCUT2D eigenvalue weighted by Crippen LogP contribution is 2.28. The third-order valence-corrected chi connectivity index (χ3v) is 4.86. The van der Waals surface area contributed by atoms with Gasteiger partial charge in [-0.15, -0.1) is 0 Å². The molecule has 146 valence electrons. The number of amides is 2. The molecular formula is C21H22N2O5. The van der Waals surface area contributed by atoms with E-state index in [1.165, 1.54) is 0 Å². The Labute approximate surface area is 162 Å². The quantitative estimate of drug-likeness (QED) is 0.681. The number of hydrogen-bond acceptors (Lipinski definition) is 4. The highest BCUT2D eigenvalue weighted by Gasteiger charge is 2.36. The Morgan fingerprint density at radius 1 is 1.04 bits per heavy atom. The minimum Gasteiger partial charge on any atom is -0.497 e. The molecule has 7 nitrogen and oxygen atoms in total. The maximum absolute atomic E-state index is 12.8. The molecule has 0 spiro atoms. The summed E-state index contributed by atoms with van der Waals surface area (Å²) in [4.78, 5) is 36.4. The number of carbonyl (C=O) groups is 3. The molecule has 0 saturated heterocycles. The number of nitrogens with one attached hydrogen (secondary N) is 2. The lowest BCUT2D eigenvalue weighted by Crippen LogP contribution is -2.50. The number of benzene rings is 2. The molecule has 1 unspecified atom stereocenters. The lowest BCUT2D eigenvalue weighted by molar-refractivity contribution is -0.146. The van der Waals surface area contributed by atoms with Crippen molar-refractivity contribution in [1.29, 1.82) is 0 Å². The first-order valence-corrected chi connectivity index (χ1v) is 9.01. The molecule has 0 heterocycles. The van der Waals surface area contributed by atoms with E-state index in [-0.39, 0.29) is 17.9 Å². The molecule has 0 aliphatic heterocycles. The summed E-state index contributed by atoms with van der Waals surface area (Å²) in [5.74, 6) is -1.38. The summed E-state index contributed by atoms with van der Waals surface area (Å²) >= 11 is 0. The van der Waals surface area contributed by atoms with Crippen LogP contribution in [0.4, 0.5) is 0 Å². The van der Waals surface area contributed by atoms with E-state index in [0.717, 1.165) is 0 Å². The summed E-state index contributed by atoms with van der Waals surface area (Å²) in [6, 6.07) is 14.5. The van der Waals surface area contributed by atoms with Gasteiger partial charge in [0.1, 0.15) is 11.8 Å². The summed E-state index contributed by atoms with van der Waals surface area (Å²) in [6.45, 7) is 0. The second-order valence-electron chi connectivity index (χ2n) is 6.76. The van der Waals surface area contributed by atoms with Crippen LogP contribution in [-0.2, 0) is 9.59 Å². The van der Waals surface area contributed by atoms with E-state index in [1.54, 1.807) is 55.6 Å². The second-order valence-corrected chi connectivity index (χ2v) is 6.76. The van der Waals surface area contributed by atoms with Crippen LogP contribution in [0.3, 0.4) is 0 Å². The van der Waals surface area contributed by atoms with Crippen molar-refractivity contribution in [3.05, 3.63) is 65.7 Å². The summed E-state index contributed by atoms with van der Waals surface area (Å²) in [6.07, 6.45) is 0.796. The van der Waals surface area contributed by atoms with Gasteiger partial charge < -0.3 is 20.5 Å². The van der Waals surface area contributed by atoms with Gasteiger partial charge in [0.25, 0.3) is 5.91 Å². The molecule has 2 amide bonds. The highest BCUT2D eigenvalue weighted by atomic mass is 16.5. The van der Waals surface area contributed by atoms with Gasteiger partial charge in [-0.2, -0.15) is 0 Å². The number of aliphatic carboxylic acids is 1. The Kier molecular flexibility index (Phi) is 5.93. The zero-order valence-corrected chi connectivity index (χ0v) is 15.4. The predicted molar refractivity (Wildman–Crippen MR) is 102 cm³/mol. The Morgan fingerprint density at radius 3 is 2.25 bits per heavy atom. The lowest BCUT2D eigenvalue weighted by Gasteiger charge is -2.34. The van der Waals surface area contributed by atoms with E-state index in [2.05, 4.69) is 10.6 Å². The van der Waals surface area contributed by atoms with Gasteiger partial charge >= 0.3 is 5.97 Å². The SMILES string of the molecule is COc1ccc(C(=O)NC(C(=O)NC2CC(C(=O)O)C2)c2ccccc2)cc1. The monoisotopic (exact) mass is 382 g/mol. The molecule has 1 atom stereocenters. The fourth-order valence-electron chi connectivity index (χ4n) is 3.12. The van der Waals surface area contributed by atoms with Crippen molar-refractivity contribution in [3.63, 3.8) is 0 Å². The molecule has 1 saturated carbocycles. The van der Waals surface area contributed by atoms with Crippen LogP contribution in [0.25, 0.3) is 0 Å². The van der Waals surface area contributed by atoms with E-state index in [1.807, 2.05) is 6.07 Å². The Balaban J connectivity index is 1.71. The molecule has 1 aliphatic carbocycles. The minimum absolute atomic E-state index is 0.197. The normalized spacial score (nSPS) is 19.0. The van der Waals surface area contributed by atoms with Crippen LogP contribution in [0.2, 0.25) is 0 Å². The van der Waals surface area contributed by atoms with Crippen molar-refractivity contribution in [2.24, 2.45) is 5.92 Å². The van der Waals surface area contributed by atoms with E-state index >= 15 is 0 Å². The number of hydrogen-bond donors (Lipinski definition) is 3. The molecular weight excluding hydrogens is 360 g/mol. The molecule has 2 aromatic carbocycles. The number of carboxylic acids is 1. The van der Waals surface area contributed by atoms with Crippen molar-refractivity contribution in [1.82, 2.24) is 10.6 Å². The first-order valence-electron chi connectivity index (χ1n) is 9.01. The zero-order valence-electron chi connectivity index (χ0n) is 15.4. The zero-order chi connectivity index (χ0) is 20.1. The third-order valence-electron chi connectivity index (χ3n) is 4.86. The largest absolute Gasteiger partial charge is 0.497 e. The first-order chi connectivity index (χ1) is 13.5. The summed E-state index contributed by atoms with van der Waals surface area (Å²) in [7, 11) is 1.54. The van der Waals surface area contributed by atoms with Crippen LogP contribution in [0, 0.1) is 5.92 Å². The van der Waals surface area contributed by atoms with Crippen molar-refractivity contribution in [2.45, 2.75) is 24.9 Å². The molecule has 7 heteroatoms. The van der Waals surface area contributed by atoms with Crippen molar-refractivity contribution in [3.8, 4) is 5.75 Å². The van der Waals surface area contributed by atoms with Crippen LogP contribution in [0.5, 0.6) is 5.75 Å². The van der Waals surface area contributed by atoms with Gasteiger partial charge in [0, 0.05) is 11.6 Å². The molecule has 2 aromatic rings. The second kappa shape index (κ2) is 8.56. The Bertz CT molecular complexity index is 845. The summed E-state index contributed by atoms with van der Waals surface area (Å²) < 4.78 is 5.09. The Hall–Kier alpha value is -3.35. The first kappa shape index (κ1) is 19.4. The van der Waals surface area contributed by atoms with E-state index in [0.29, 0.717) is 29.7 Å². The number of carbonyl (C=O) groups excluding carboxylic acids is 2. The van der Waals surface area contributed by atoms with Crippen molar-refractivity contribution < 1.29 is 24.2 Å². The van der Waals surface area contributed by atoms with Crippen LogP contribution >= 0.6 is 0 Å². The molecule has 1 aliphatic rings. The molecule has 0 aromatic heterocycles. The van der Waals surface area contributed by atoms with Crippen molar-refractivity contribution in [2.75, 3.05) is 7.11 Å². The molecule has 0 radical (unpaired) electrons. The molecule has 3 rings (SSSR count). The van der Waals surface area contributed by atoms with Gasteiger partial charge in [-0.1, -0.05) is 30.3 Å². The van der Waals surface area contributed by atoms with Gasteiger partial charge in [0.15, 0.2) is 0 Å². The fraction of sp³-hybridized carbons (Fsp3) is 0.286. The minimum atomic E-state index is -0.875. The molecule has 28 heavy (non-hydrogen) atoms. The fourth-order valence-corrected chi connectivity index (χ4v) is 3.12. The lowest BCUT2D eigenvalue weighted by atomic mass is 9.80. The number of rotatable bonds is 7. The topological polar surface area (TPSA) is 105 Å². The average Bonchev–Trinajstić information content (AvgIpc) is 2.68. The molecule has 0 bridgehead atoms. The summed E-state index contributed by atoms with van der Waals surface area (Å²) in [5.41, 5.74) is 1.06.